The zero-order valence-electron chi connectivity index (χ0n) is 5.40. The van der Waals surface area contributed by atoms with Crippen molar-refractivity contribution in [1.82, 2.24) is 0 Å². The molecule has 1 aliphatic heterocycles. The highest BCUT2D eigenvalue weighted by Gasteiger charge is 2.38. The van der Waals surface area contributed by atoms with E-state index in [2.05, 4.69) is 4.74 Å². The first-order chi connectivity index (χ1) is 4.50. The third-order valence-corrected chi connectivity index (χ3v) is 1.24. The van der Waals surface area contributed by atoms with Crippen LogP contribution in [0, 0.1) is 0 Å². The molecule has 1 heterocycles. The standard InChI is InChI=1S/C6H7F3O/c1-4-2-3-5(10-4)6(7,8)9/h3-4H,2H2,1H3. The van der Waals surface area contributed by atoms with Crippen LogP contribution in [0.2, 0.25) is 0 Å². The Bertz CT molecular complexity index is 159. The molecular weight excluding hydrogens is 145 g/mol. The van der Waals surface area contributed by atoms with E-state index in [0.717, 1.165) is 6.08 Å². The maximum Gasteiger partial charge on any atom is 0.448 e. The zero-order chi connectivity index (χ0) is 7.78. The minimum atomic E-state index is -4.30. The average molecular weight is 152 g/mol. The van der Waals surface area contributed by atoms with Gasteiger partial charge in [0.15, 0.2) is 5.76 Å². The Balaban J connectivity index is 2.60. The highest BCUT2D eigenvalue weighted by molar-refractivity contribution is 5.06. The predicted octanol–water partition coefficient (Wildman–Crippen LogP) is 2.24. The number of rotatable bonds is 0. The van der Waals surface area contributed by atoms with Crippen LogP contribution in [0.1, 0.15) is 13.3 Å². The van der Waals surface area contributed by atoms with E-state index in [-0.39, 0.29) is 6.10 Å². The van der Waals surface area contributed by atoms with Gasteiger partial charge in [-0.15, -0.1) is 0 Å². The first-order valence-corrected chi connectivity index (χ1v) is 2.94. The summed E-state index contributed by atoms with van der Waals surface area (Å²) in [5.74, 6) is -0.847. The third kappa shape index (κ3) is 1.43. The lowest BCUT2D eigenvalue weighted by Gasteiger charge is -2.10. The topological polar surface area (TPSA) is 9.23 Å². The van der Waals surface area contributed by atoms with E-state index < -0.39 is 11.9 Å². The van der Waals surface area contributed by atoms with E-state index in [1.807, 2.05) is 0 Å². The van der Waals surface area contributed by atoms with E-state index >= 15 is 0 Å². The molecule has 1 nitrogen and oxygen atoms in total. The van der Waals surface area contributed by atoms with Crippen molar-refractivity contribution >= 4 is 0 Å². The first-order valence-electron chi connectivity index (χ1n) is 2.94. The Morgan fingerprint density at radius 1 is 1.60 bits per heavy atom. The fourth-order valence-corrected chi connectivity index (χ4v) is 0.769. The second kappa shape index (κ2) is 2.18. The quantitative estimate of drug-likeness (QED) is 0.517. The molecule has 0 radical (unpaired) electrons. The van der Waals surface area contributed by atoms with Crippen molar-refractivity contribution in [3.05, 3.63) is 11.8 Å². The molecule has 1 atom stereocenters. The summed E-state index contributed by atoms with van der Waals surface area (Å²) >= 11 is 0. The van der Waals surface area contributed by atoms with Crippen molar-refractivity contribution in [3.8, 4) is 0 Å². The molecule has 0 fully saturated rings. The van der Waals surface area contributed by atoms with Gasteiger partial charge in [0, 0.05) is 6.42 Å². The van der Waals surface area contributed by atoms with Crippen LogP contribution in [0.15, 0.2) is 11.8 Å². The van der Waals surface area contributed by atoms with Gasteiger partial charge < -0.3 is 4.74 Å². The van der Waals surface area contributed by atoms with Crippen LogP contribution in [0.5, 0.6) is 0 Å². The molecule has 1 rings (SSSR count). The summed E-state index contributed by atoms with van der Waals surface area (Å²) in [4.78, 5) is 0. The Kier molecular flexibility index (Phi) is 1.62. The molecule has 1 unspecified atom stereocenters. The van der Waals surface area contributed by atoms with E-state index in [0.29, 0.717) is 6.42 Å². The molecule has 0 aromatic carbocycles. The number of ether oxygens (including phenoxy) is 1. The Labute approximate surface area is 56.5 Å². The van der Waals surface area contributed by atoms with Crippen molar-refractivity contribution in [1.29, 1.82) is 0 Å². The first kappa shape index (κ1) is 7.44. The normalized spacial score (nSPS) is 26.0. The summed E-state index contributed by atoms with van der Waals surface area (Å²) in [5.41, 5.74) is 0. The SMILES string of the molecule is CC1CC=C(C(F)(F)F)O1. The molecule has 0 N–H and O–H groups in total. The van der Waals surface area contributed by atoms with E-state index in [4.69, 9.17) is 0 Å². The Hall–Kier alpha value is -0.670. The van der Waals surface area contributed by atoms with Crippen LogP contribution in [0.4, 0.5) is 13.2 Å². The van der Waals surface area contributed by atoms with Gasteiger partial charge >= 0.3 is 6.18 Å². The van der Waals surface area contributed by atoms with Gasteiger partial charge in [0.1, 0.15) is 0 Å². The lowest BCUT2D eigenvalue weighted by Crippen LogP contribution is -2.13. The average Bonchev–Trinajstić information content (AvgIpc) is 2.11. The van der Waals surface area contributed by atoms with Gasteiger partial charge in [-0.3, -0.25) is 0 Å². The van der Waals surface area contributed by atoms with Crippen LogP contribution < -0.4 is 0 Å². The number of hydrogen-bond acceptors (Lipinski definition) is 1. The van der Waals surface area contributed by atoms with Gasteiger partial charge in [0.25, 0.3) is 0 Å². The van der Waals surface area contributed by atoms with Gasteiger partial charge in [-0.25, -0.2) is 0 Å². The van der Waals surface area contributed by atoms with Crippen molar-refractivity contribution in [2.75, 3.05) is 0 Å². The highest BCUT2D eigenvalue weighted by Crippen LogP contribution is 2.32. The maximum atomic E-state index is 11.7. The van der Waals surface area contributed by atoms with E-state index in [1.54, 1.807) is 6.92 Å². The molecule has 0 bridgehead atoms. The Morgan fingerprint density at radius 3 is 2.40 bits per heavy atom. The fraction of sp³-hybridized carbons (Fsp3) is 0.667. The lowest BCUT2D eigenvalue weighted by atomic mass is 10.3. The molecule has 4 heteroatoms. The van der Waals surface area contributed by atoms with Crippen LogP contribution in [-0.2, 0) is 4.74 Å². The second-order valence-corrected chi connectivity index (χ2v) is 2.23. The summed E-state index contributed by atoms with van der Waals surface area (Å²) in [6.45, 7) is 1.61. The molecule has 0 saturated carbocycles. The molecule has 0 aromatic rings. The molecule has 0 spiro atoms. The van der Waals surface area contributed by atoms with Gasteiger partial charge in [-0.05, 0) is 13.0 Å². The lowest BCUT2D eigenvalue weighted by molar-refractivity contribution is -0.132. The molecule has 1 aliphatic rings. The smallest absolute Gasteiger partial charge is 0.448 e. The van der Waals surface area contributed by atoms with Crippen LogP contribution in [-0.4, -0.2) is 12.3 Å². The van der Waals surface area contributed by atoms with Gasteiger partial charge in [-0.1, -0.05) is 0 Å². The summed E-state index contributed by atoms with van der Waals surface area (Å²) in [7, 11) is 0. The zero-order valence-corrected chi connectivity index (χ0v) is 5.40. The Morgan fingerprint density at radius 2 is 2.20 bits per heavy atom. The predicted molar refractivity (Wildman–Crippen MR) is 29.3 cm³/mol. The van der Waals surface area contributed by atoms with E-state index in [9.17, 15) is 13.2 Å². The monoisotopic (exact) mass is 152 g/mol. The molecule has 0 amide bonds. The van der Waals surface area contributed by atoms with Gasteiger partial charge in [-0.2, -0.15) is 13.2 Å². The second-order valence-electron chi connectivity index (χ2n) is 2.23. The summed E-state index contributed by atoms with van der Waals surface area (Å²) < 4.78 is 39.7. The molecule has 10 heavy (non-hydrogen) atoms. The molecular formula is C6H7F3O. The maximum absolute atomic E-state index is 11.7. The number of hydrogen-bond donors (Lipinski definition) is 0. The van der Waals surface area contributed by atoms with Gasteiger partial charge in [0.2, 0.25) is 0 Å². The van der Waals surface area contributed by atoms with E-state index in [1.165, 1.54) is 0 Å². The van der Waals surface area contributed by atoms with Crippen LogP contribution >= 0.6 is 0 Å². The van der Waals surface area contributed by atoms with Crippen molar-refractivity contribution < 1.29 is 17.9 Å². The minimum absolute atomic E-state index is 0.323. The molecule has 58 valence electrons. The molecule has 0 saturated heterocycles. The summed E-state index contributed by atoms with van der Waals surface area (Å²) in [6.07, 6.45) is -3.19. The van der Waals surface area contributed by atoms with Gasteiger partial charge in [0.05, 0.1) is 6.10 Å². The van der Waals surface area contributed by atoms with Crippen LogP contribution in [0.25, 0.3) is 0 Å². The third-order valence-electron chi connectivity index (χ3n) is 1.24. The van der Waals surface area contributed by atoms with Crippen molar-refractivity contribution in [3.63, 3.8) is 0 Å². The summed E-state index contributed by atoms with van der Waals surface area (Å²) in [5, 5.41) is 0. The van der Waals surface area contributed by atoms with Crippen molar-refractivity contribution in [2.45, 2.75) is 25.6 Å². The summed E-state index contributed by atoms with van der Waals surface area (Å²) in [6, 6.07) is 0. The number of alkyl halides is 3. The largest absolute Gasteiger partial charge is 0.486 e. The highest BCUT2D eigenvalue weighted by atomic mass is 19.4. The fourth-order valence-electron chi connectivity index (χ4n) is 0.769. The molecule has 0 aromatic heterocycles. The minimum Gasteiger partial charge on any atom is -0.486 e. The number of allylic oxidation sites excluding steroid dienone is 1. The van der Waals surface area contributed by atoms with Crippen LogP contribution in [0.3, 0.4) is 0 Å². The van der Waals surface area contributed by atoms with Crippen molar-refractivity contribution in [2.24, 2.45) is 0 Å². The number of halogens is 3. The molecule has 0 aliphatic carbocycles.